The van der Waals surface area contributed by atoms with Gasteiger partial charge in [-0.05, 0) is 18.6 Å². The third-order valence-corrected chi connectivity index (χ3v) is 3.68. The highest BCUT2D eigenvalue weighted by Crippen LogP contribution is 2.29. The summed E-state index contributed by atoms with van der Waals surface area (Å²) in [4.78, 5) is 11.9. The van der Waals surface area contributed by atoms with Crippen molar-refractivity contribution in [2.75, 3.05) is 0 Å². The van der Waals surface area contributed by atoms with Crippen molar-refractivity contribution < 1.29 is 14.4 Å². The summed E-state index contributed by atoms with van der Waals surface area (Å²) in [5, 5.41) is 10.1. The van der Waals surface area contributed by atoms with Crippen LogP contribution in [0.25, 0.3) is 10.9 Å². The summed E-state index contributed by atoms with van der Waals surface area (Å²) in [6.45, 7) is 2.11. The third kappa shape index (κ3) is 3.00. The first-order chi connectivity index (χ1) is 9.65. The van der Waals surface area contributed by atoms with Crippen LogP contribution in [0.1, 0.15) is 50.6 Å². The number of rotatable bonds is 7. The van der Waals surface area contributed by atoms with E-state index in [2.05, 4.69) is 6.92 Å². The summed E-state index contributed by atoms with van der Waals surface area (Å²) in [5.41, 5.74) is 0.678. The maximum absolute atomic E-state index is 14.3. The quantitative estimate of drug-likeness (QED) is 0.756. The van der Waals surface area contributed by atoms with E-state index in [-0.39, 0.29) is 5.69 Å². The molecule has 108 valence electrons. The lowest BCUT2D eigenvalue weighted by molar-refractivity contribution is -0.139. The molecule has 1 heterocycles. The van der Waals surface area contributed by atoms with Crippen molar-refractivity contribution in [1.29, 1.82) is 0 Å². The first-order valence-electron chi connectivity index (χ1n) is 7.14. The maximum atomic E-state index is 14.3. The van der Waals surface area contributed by atoms with Gasteiger partial charge in [0.05, 0.1) is 17.1 Å². The minimum absolute atomic E-state index is 0.246. The number of hydrogen-bond acceptors (Lipinski definition) is 1. The molecule has 1 aromatic heterocycles. The van der Waals surface area contributed by atoms with Gasteiger partial charge in [0.2, 0.25) is 0 Å². The molecule has 1 atom stereocenters. The van der Waals surface area contributed by atoms with Gasteiger partial charge in [0.25, 0.3) is 0 Å². The highest BCUT2D eigenvalue weighted by molar-refractivity contribution is 5.84. The summed E-state index contributed by atoms with van der Waals surface area (Å²) >= 11 is 0. The SMILES string of the molecule is CCCCCCC(C(=O)O)c1cc2ccccc2n1F. The topological polar surface area (TPSA) is 42.2 Å². The molecule has 0 saturated carbocycles. The molecule has 3 nitrogen and oxygen atoms in total. The highest BCUT2D eigenvalue weighted by atomic mass is 19.2. The number of aromatic nitrogens is 1. The number of halogens is 1. The molecule has 0 fully saturated rings. The Morgan fingerprint density at radius 1 is 1.30 bits per heavy atom. The molecule has 1 aromatic carbocycles. The summed E-state index contributed by atoms with van der Waals surface area (Å²) in [6.07, 6.45) is 4.47. The molecule has 2 rings (SSSR count). The van der Waals surface area contributed by atoms with Gasteiger partial charge >= 0.3 is 5.97 Å². The van der Waals surface area contributed by atoms with Crippen LogP contribution >= 0.6 is 0 Å². The van der Waals surface area contributed by atoms with E-state index >= 15 is 0 Å². The molecular weight excluding hydrogens is 257 g/mol. The van der Waals surface area contributed by atoms with Crippen LogP contribution in [-0.4, -0.2) is 15.9 Å². The molecule has 0 aliphatic carbocycles. The fourth-order valence-electron chi connectivity index (χ4n) is 2.55. The molecule has 4 heteroatoms. The summed E-state index contributed by atoms with van der Waals surface area (Å²) in [6, 6.07) is 8.68. The van der Waals surface area contributed by atoms with Gasteiger partial charge in [-0.3, -0.25) is 4.79 Å². The van der Waals surface area contributed by atoms with Gasteiger partial charge in [-0.1, -0.05) is 55.3 Å². The lowest BCUT2D eigenvalue weighted by Crippen LogP contribution is -2.14. The Kier molecular flexibility index (Phi) is 4.77. The van der Waals surface area contributed by atoms with Gasteiger partial charge in [0, 0.05) is 5.39 Å². The second kappa shape index (κ2) is 6.55. The summed E-state index contributed by atoms with van der Waals surface area (Å²) in [7, 11) is 0. The maximum Gasteiger partial charge on any atom is 0.312 e. The highest BCUT2D eigenvalue weighted by Gasteiger charge is 2.24. The second-order valence-corrected chi connectivity index (χ2v) is 5.15. The van der Waals surface area contributed by atoms with E-state index in [1.807, 2.05) is 6.07 Å². The van der Waals surface area contributed by atoms with Crippen molar-refractivity contribution in [1.82, 2.24) is 4.79 Å². The zero-order chi connectivity index (χ0) is 14.5. The number of carbonyl (C=O) groups is 1. The molecule has 0 bridgehead atoms. The second-order valence-electron chi connectivity index (χ2n) is 5.15. The molecule has 0 aliphatic heterocycles. The van der Waals surface area contributed by atoms with Gasteiger partial charge in [-0.25, -0.2) is 0 Å². The zero-order valence-electron chi connectivity index (χ0n) is 11.7. The Bertz CT molecular complexity index is 591. The molecule has 0 amide bonds. The Morgan fingerprint density at radius 2 is 2.05 bits per heavy atom. The van der Waals surface area contributed by atoms with E-state index in [1.54, 1.807) is 24.3 Å². The average molecular weight is 277 g/mol. The Morgan fingerprint density at radius 3 is 2.70 bits per heavy atom. The normalized spacial score (nSPS) is 12.7. The minimum Gasteiger partial charge on any atom is -0.481 e. The number of carboxylic acid groups (broad SMARTS) is 1. The van der Waals surface area contributed by atoms with Crippen molar-refractivity contribution in [3.63, 3.8) is 0 Å². The van der Waals surface area contributed by atoms with Crippen LogP contribution in [0.15, 0.2) is 30.3 Å². The summed E-state index contributed by atoms with van der Waals surface area (Å²) < 4.78 is 14.3. The van der Waals surface area contributed by atoms with E-state index in [4.69, 9.17) is 0 Å². The molecule has 1 unspecified atom stereocenters. The van der Waals surface area contributed by atoms with Crippen LogP contribution < -0.4 is 0 Å². The Labute approximate surface area is 118 Å². The monoisotopic (exact) mass is 277 g/mol. The lowest BCUT2D eigenvalue weighted by Gasteiger charge is -2.11. The van der Waals surface area contributed by atoms with Gasteiger partial charge in [-0.2, -0.15) is 4.79 Å². The molecule has 0 spiro atoms. The van der Waals surface area contributed by atoms with Gasteiger partial charge in [0.1, 0.15) is 0 Å². The van der Waals surface area contributed by atoms with Crippen molar-refractivity contribution in [3.05, 3.63) is 36.0 Å². The van der Waals surface area contributed by atoms with Crippen LogP contribution in [0.2, 0.25) is 0 Å². The third-order valence-electron chi connectivity index (χ3n) is 3.68. The Balaban J connectivity index is 2.23. The largest absolute Gasteiger partial charge is 0.481 e. The molecule has 1 N–H and O–H groups in total. The molecule has 0 aliphatic rings. The number of aliphatic carboxylic acids is 1. The van der Waals surface area contributed by atoms with Crippen molar-refractivity contribution in [2.24, 2.45) is 0 Å². The fraction of sp³-hybridized carbons (Fsp3) is 0.438. The number of para-hydroxylation sites is 1. The Hall–Kier alpha value is -1.84. The number of hydrogen-bond donors (Lipinski definition) is 1. The number of fused-ring (bicyclic) bond motifs is 1. The molecule has 2 aromatic rings. The van der Waals surface area contributed by atoms with Gasteiger partial charge in [0.15, 0.2) is 0 Å². The smallest absolute Gasteiger partial charge is 0.312 e. The summed E-state index contributed by atoms with van der Waals surface area (Å²) in [5.74, 6) is -1.73. The van der Waals surface area contributed by atoms with Crippen LogP contribution in [0.3, 0.4) is 0 Å². The van der Waals surface area contributed by atoms with Crippen LogP contribution in [0, 0.1) is 0 Å². The fourth-order valence-corrected chi connectivity index (χ4v) is 2.55. The van der Waals surface area contributed by atoms with E-state index in [1.165, 1.54) is 0 Å². The minimum atomic E-state index is -0.955. The van der Waals surface area contributed by atoms with Crippen LogP contribution in [0.4, 0.5) is 4.48 Å². The average Bonchev–Trinajstić information content (AvgIpc) is 2.76. The van der Waals surface area contributed by atoms with Crippen molar-refractivity contribution in [2.45, 2.75) is 44.9 Å². The number of unbranched alkanes of at least 4 members (excludes halogenated alkanes) is 3. The van der Waals surface area contributed by atoms with Crippen molar-refractivity contribution in [3.8, 4) is 0 Å². The number of carboxylic acids is 1. The number of nitrogens with zero attached hydrogens (tertiary/aromatic N) is 1. The van der Waals surface area contributed by atoms with Gasteiger partial charge < -0.3 is 5.11 Å². The van der Waals surface area contributed by atoms with E-state index in [0.717, 1.165) is 31.1 Å². The lowest BCUT2D eigenvalue weighted by atomic mass is 9.97. The van der Waals surface area contributed by atoms with Crippen molar-refractivity contribution >= 4 is 16.9 Å². The first kappa shape index (κ1) is 14.6. The van der Waals surface area contributed by atoms with Gasteiger partial charge in [-0.15, -0.1) is 0 Å². The number of benzene rings is 1. The predicted octanol–water partition coefficient (Wildman–Crippen LogP) is 4.51. The first-order valence-corrected chi connectivity index (χ1v) is 7.14. The van der Waals surface area contributed by atoms with E-state index in [0.29, 0.717) is 16.7 Å². The van der Waals surface area contributed by atoms with E-state index in [9.17, 15) is 14.4 Å². The standard InChI is InChI=1S/C16H20FNO2/c1-2-3-4-5-9-13(16(19)20)15-11-12-8-6-7-10-14(12)18(15)17/h6-8,10-11,13H,2-5,9H2,1H3,(H,19,20). The molecule has 20 heavy (non-hydrogen) atoms. The predicted molar refractivity (Wildman–Crippen MR) is 77.6 cm³/mol. The van der Waals surface area contributed by atoms with Crippen LogP contribution in [-0.2, 0) is 4.79 Å². The van der Waals surface area contributed by atoms with E-state index < -0.39 is 11.9 Å². The molecular formula is C16H20FNO2. The molecule has 0 radical (unpaired) electrons. The zero-order valence-corrected chi connectivity index (χ0v) is 11.7. The molecule has 0 saturated heterocycles. The van der Waals surface area contributed by atoms with Crippen LogP contribution in [0.5, 0.6) is 0 Å².